The highest BCUT2D eigenvalue weighted by Crippen LogP contribution is 2.32. The molecule has 0 aliphatic heterocycles. The summed E-state index contributed by atoms with van der Waals surface area (Å²) < 4.78 is 0. The first kappa shape index (κ1) is 52.6. The van der Waals surface area contributed by atoms with E-state index < -0.39 is 0 Å². The molecule has 1 rings (SSSR count). The molecule has 0 heteroatoms. The average Bonchev–Trinajstić information content (AvgIpc) is 3.01. The van der Waals surface area contributed by atoms with Crippen LogP contribution in [0.2, 0.25) is 0 Å². The van der Waals surface area contributed by atoms with Gasteiger partial charge in [-0.05, 0) is 94.7 Å². The van der Waals surface area contributed by atoms with Gasteiger partial charge in [0.25, 0.3) is 0 Å². The van der Waals surface area contributed by atoms with Crippen molar-refractivity contribution in [3.63, 3.8) is 0 Å². The van der Waals surface area contributed by atoms with Crippen LogP contribution in [0.1, 0.15) is 166 Å². The first-order chi connectivity index (χ1) is 26.8. The first-order valence-corrected chi connectivity index (χ1v) is 21.0. The molecule has 0 aromatic rings. The number of allylic oxidation sites excluding steroid dienone is 4. The van der Waals surface area contributed by atoms with Gasteiger partial charge in [-0.2, -0.15) is 0 Å². The molecule has 0 nitrogen and oxygen atoms in total. The third-order valence-electron chi connectivity index (χ3n) is 8.75. The van der Waals surface area contributed by atoms with Crippen molar-refractivity contribution in [2.45, 2.75) is 166 Å². The topological polar surface area (TPSA) is 0 Å². The van der Waals surface area contributed by atoms with E-state index in [1.165, 1.54) is 0 Å². The molecule has 0 spiro atoms. The van der Waals surface area contributed by atoms with Crippen molar-refractivity contribution in [3.8, 4) is 94.7 Å². The Morgan fingerprint density at radius 3 is 0.317 bits per heavy atom. The Labute approximate surface area is 370 Å². The number of rotatable bonds is 0. The summed E-state index contributed by atoms with van der Waals surface area (Å²) in [5.41, 5.74) is 18.5. The predicted octanol–water partition coefficient (Wildman–Crippen LogP) is 14.2. The van der Waals surface area contributed by atoms with Crippen molar-refractivity contribution in [2.24, 2.45) is 43.3 Å². The van der Waals surface area contributed by atoms with Crippen LogP contribution in [0.5, 0.6) is 0 Å². The van der Waals surface area contributed by atoms with E-state index >= 15 is 0 Å². The molecule has 0 atom stereocenters. The second-order valence-corrected chi connectivity index (χ2v) is 23.5. The highest BCUT2D eigenvalue weighted by molar-refractivity contribution is 5.52. The minimum absolute atomic E-state index is 0.300. The molecule has 0 amide bonds. The maximum atomic E-state index is 3.59. The first-order valence-electron chi connectivity index (χ1n) is 21.0. The van der Waals surface area contributed by atoms with Crippen LogP contribution in [0.25, 0.3) is 0 Å². The van der Waals surface area contributed by atoms with Crippen LogP contribution in [-0.2, 0) is 0 Å². The molecule has 1 aliphatic rings. The van der Waals surface area contributed by atoms with E-state index in [1.54, 1.807) is 0 Å². The molecule has 0 N–H and O–H groups in total. The summed E-state index contributed by atoms with van der Waals surface area (Å²) in [4.78, 5) is 0. The monoisotopic (exact) mass is 793 g/mol. The highest BCUT2D eigenvalue weighted by Gasteiger charge is 2.23. The molecule has 312 valence electrons. The molecule has 0 aromatic carbocycles. The summed E-state index contributed by atoms with van der Waals surface area (Å²) in [5.74, 6) is 51.8. The number of hydrogen-bond acceptors (Lipinski definition) is 0. The van der Waals surface area contributed by atoms with Gasteiger partial charge >= 0.3 is 0 Å². The molecule has 60 heavy (non-hydrogen) atoms. The Kier molecular flexibility index (Phi) is 17.3. The lowest BCUT2D eigenvalue weighted by atomic mass is 9.82. The van der Waals surface area contributed by atoms with Gasteiger partial charge in [0, 0.05) is 43.3 Å². The molecule has 0 fully saturated rings. The normalized spacial score (nSPS) is 15.1. The zero-order chi connectivity index (χ0) is 46.8. The van der Waals surface area contributed by atoms with Gasteiger partial charge in [-0.15, -0.1) is 0 Å². The fourth-order valence-corrected chi connectivity index (χ4v) is 4.50. The third kappa shape index (κ3) is 18.6. The van der Waals surface area contributed by atoms with Gasteiger partial charge in [-0.1, -0.05) is 189 Å². The molecule has 0 unspecified atom stereocenters. The maximum Gasteiger partial charge on any atom is 0.0511 e. The molecule has 1 aliphatic carbocycles. The fourth-order valence-electron chi connectivity index (χ4n) is 4.50. The highest BCUT2D eigenvalue weighted by atomic mass is 14.3. The van der Waals surface area contributed by atoms with E-state index in [0.717, 1.165) is 44.6 Å². The van der Waals surface area contributed by atoms with Gasteiger partial charge in [-0.25, -0.2) is 0 Å². The quantitative estimate of drug-likeness (QED) is 0.169. The second kappa shape index (κ2) is 19.7. The smallest absolute Gasteiger partial charge is 0.0511 e. The lowest BCUT2D eigenvalue weighted by molar-refractivity contribution is 0.508. The van der Waals surface area contributed by atoms with Gasteiger partial charge in [0.2, 0.25) is 0 Å². The van der Waals surface area contributed by atoms with E-state index in [1.807, 2.05) is 0 Å². The Balaban J connectivity index is 4.90. The van der Waals surface area contributed by atoms with Gasteiger partial charge in [-0.3, -0.25) is 0 Å². The summed E-state index contributed by atoms with van der Waals surface area (Å²) in [6.07, 6.45) is 0. The van der Waals surface area contributed by atoms with Crippen molar-refractivity contribution in [1.82, 2.24) is 0 Å². The zero-order valence-electron chi connectivity index (χ0n) is 42.0. The fraction of sp³-hybridized carbons (Fsp3) is 0.533. The maximum absolute atomic E-state index is 3.59. The summed E-state index contributed by atoms with van der Waals surface area (Å²) >= 11 is 0. The molecular formula is C60H72. The van der Waals surface area contributed by atoms with Crippen LogP contribution in [0, 0.1) is 138 Å². The van der Waals surface area contributed by atoms with E-state index in [0.29, 0.717) is 0 Å². The van der Waals surface area contributed by atoms with Crippen molar-refractivity contribution < 1.29 is 0 Å². The van der Waals surface area contributed by atoms with Crippen LogP contribution in [0.3, 0.4) is 0 Å². The molecule has 0 aromatic heterocycles. The largest absolute Gasteiger partial charge is 0.0944 e. The standard InChI is InChI=1S/C60H72/c1-53(2,3)45-33-25-26-35-47(55(7,8)9)42-49(57(13,14)15)37-29-30-39-51(59(19,20)21)44-52(60(22,23)24)40-32-31-38-50(58(16,17)18)43-48(56(10,11)12)36-28-27-34-46(41-45)54(4,5)6/h1-24H3. The predicted molar refractivity (Wildman–Crippen MR) is 260 cm³/mol. The van der Waals surface area contributed by atoms with Gasteiger partial charge in [0.1, 0.15) is 0 Å². The van der Waals surface area contributed by atoms with Crippen molar-refractivity contribution in [2.75, 3.05) is 0 Å². The van der Waals surface area contributed by atoms with Crippen LogP contribution < -0.4 is 0 Å². The third-order valence-corrected chi connectivity index (χ3v) is 8.75. The summed E-state index contributed by atoms with van der Waals surface area (Å²) in [7, 11) is 0. The molecule has 0 bridgehead atoms. The van der Waals surface area contributed by atoms with E-state index in [9.17, 15) is 0 Å². The van der Waals surface area contributed by atoms with Crippen LogP contribution >= 0.6 is 0 Å². The SMILES string of the molecule is CC(C)(C)C1=C=C(C(C)(C)C)C#CC#CC(C(C)(C)C)=C=C(C(C)(C)C)C#CC#CC(C(C)(C)C)=C=C(C(C)(C)C)C#CC#CC(C(C)(C)C)=C=C(C(C)(C)C)C#CC#C1. The van der Waals surface area contributed by atoms with E-state index in [2.05, 4.69) is 284 Å². The Bertz CT molecular complexity index is 1980. The molecule has 0 saturated carbocycles. The Morgan fingerprint density at radius 1 is 0.167 bits per heavy atom. The van der Waals surface area contributed by atoms with Gasteiger partial charge in [0.15, 0.2) is 0 Å². The van der Waals surface area contributed by atoms with Crippen molar-refractivity contribution in [1.29, 1.82) is 0 Å². The lowest BCUT2D eigenvalue weighted by Gasteiger charge is -2.20. The Morgan fingerprint density at radius 2 is 0.250 bits per heavy atom. The number of hydrogen-bond donors (Lipinski definition) is 0. The summed E-state index contributed by atoms with van der Waals surface area (Å²) in [6, 6.07) is 0. The Hall–Kier alpha value is -5.44. The van der Waals surface area contributed by atoms with Crippen molar-refractivity contribution >= 4 is 0 Å². The van der Waals surface area contributed by atoms with Crippen molar-refractivity contribution in [3.05, 3.63) is 67.5 Å². The van der Waals surface area contributed by atoms with Gasteiger partial charge in [0.05, 0.1) is 44.6 Å². The average molecular weight is 793 g/mol. The molecule has 0 heterocycles. The molecule has 0 radical (unpaired) electrons. The van der Waals surface area contributed by atoms with E-state index in [-0.39, 0.29) is 43.3 Å². The van der Waals surface area contributed by atoms with Crippen LogP contribution in [-0.4, -0.2) is 0 Å². The zero-order valence-corrected chi connectivity index (χ0v) is 42.0. The summed E-state index contributed by atoms with van der Waals surface area (Å²) in [5, 5.41) is 0. The van der Waals surface area contributed by atoms with E-state index in [4.69, 9.17) is 0 Å². The minimum atomic E-state index is -0.300. The summed E-state index contributed by atoms with van der Waals surface area (Å²) in [6.45, 7) is 51.1. The lowest BCUT2D eigenvalue weighted by Crippen LogP contribution is -2.11. The second-order valence-electron chi connectivity index (χ2n) is 23.5. The van der Waals surface area contributed by atoms with Crippen LogP contribution in [0.15, 0.2) is 67.5 Å². The van der Waals surface area contributed by atoms with Gasteiger partial charge < -0.3 is 0 Å². The minimum Gasteiger partial charge on any atom is -0.0944 e. The molecular weight excluding hydrogens is 721 g/mol. The molecule has 0 saturated heterocycles. The van der Waals surface area contributed by atoms with Crippen LogP contribution in [0.4, 0.5) is 0 Å².